The maximum Gasteiger partial charge on any atom is 0.101 e. The molecule has 92 valence electrons. The maximum absolute atomic E-state index is 8.95. The third-order valence-corrected chi connectivity index (χ3v) is 2.80. The lowest BCUT2D eigenvalue weighted by Crippen LogP contribution is -2.03. The second kappa shape index (κ2) is 5.57. The first-order valence-corrected chi connectivity index (χ1v) is 5.76. The van der Waals surface area contributed by atoms with Crippen molar-refractivity contribution in [3.63, 3.8) is 0 Å². The van der Waals surface area contributed by atoms with Crippen molar-refractivity contribution in [2.75, 3.05) is 11.1 Å². The molecule has 0 aromatic heterocycles. The van der Waals surface area contributed by atoms with Crippen molar-refractivity contribution < 1.29 is 0 Å². The molecule has 0 spiro atoms. The Labute approximate surface area is 111 Å². The van der Waals surface area contributed by atoms with Gasteiger partial charge in [0.25, 0.3) is 0 Å². The van der Waals surface area contributed by atoms with Gasteiger partial charge in [0.1, 0.15) is 12.1 Å². The van der Waals surface area contributed by atoms with Gasteiger partial charge in [-0.2, -0.15) is 10.5 Å². The molecule has 0 aliphatic heterocycles. The van der Waals surface area contributed by atoms with E-state index in [1.807, 2.05) is 36.4 Å². The number of hydrogen-bond donors (Lipinski definition) is 2. The number of nitrogens with two attached hydrogens (primary N) is 1. The SMILES string of the molecule is N#Cc1ccc(NCc2ccccc2N)cc1C#N. The Morgan fingerprint density at radius 1 is 1.00 bits per heavy atom. The number of nitrogens with zero attached hydrogens (tertiary/aromatic N) is 2. The highest BCUT2D eigenvalue weighted by atomic mass is 14.9. The molecule has 2 aromatic carbocycles. The van der Waals surface area contributed by atoms with Crippen LogP contribution < -0.4 is 11.1 Å². The van der Waals surface area contributed by atoms with Crippen LogP contribution in [0.3, 0.4) is 0 Å². The summed E-state index contributed by atoms with van der Waals surface area (Å²) in [5.41, 5.74) is 9.11. The number of nitriles is 2. The average Bonchev–Trinajstić information content (AvgIpc) is 2.46. The second-order valence-electron chi connectivity index (χ2n) is 4.04. The number of nitrogen functional groups attached to an aromatic ring is 1. The van der Waals surface area contributed by atoms with Crippen molar-refractivity contribution in [3.05, 3.63) is 59.2 Å². The zero-order chi connectivity index (χ0) is 13.7. The first kappa shape index (κ1) is 12.5. The average molecular weight is 248 g/mol. The van der Waals surface area contributed by atoms with Crippen molar-refractivity contribution in [1.29, 1.82) is 10.5 Å². The van der Waals surface area contributed by atoms with Crippen LogP contribution in [0.4, 0.5) is 11.4 Å². The van der Waals surface area contributed by atoms with Gasteiger partial charge in [0.15, 0.2) is 0 Å². The lowest BCUT2D eigenvalue weighted by Gasteiger charge is -2.09. The fraction of sp³-hybridized carbons (Fsp3) is 0.0667. The number of anilines is 2. The molecule has 4 heteroatoms. The first-order chi connectivity index (χ1) is 9.24. The Hall–Kier alpha value is -2.98. The molecule has 0 bridgehead atoms. The molecule has 0 aliphatic rings. The van der Waals surface area contributed by atoms with E-state index in [2.05, 4.69) is 5.32 Å². The number of hydrogen-bond acceptors (Lipinski definition) is 4. The monoisotopic (exact) mass is 248 g/mol. The fourth-order valence-corrected chi connectivity index (χ4v) is 1.74. The van der Waals surface area contributed by atoms with E-state index < -0.39 is 0 Å². The Balaban J connectivity index is 2.15. The lowest BCUT2D eigenvalue weighted by molar-refractivity contribution is 1.15. The van der Waals surface area contributed by atoms with Gasteiger partial charge in [0, 0.05) is 17.9 Å². The minimum absolute atomic E-state index is 0.369. The van der Waals surface area contributed by atoms with E-state index in [1.165, 1.54) is 0 Å². The molecule has 0 saturated carbocycles. The van der Waals surface area contributed by atoms with Gasteiger partial charge in [0.05, 0.1) is 11.1 Å². The van der Waals surface area contributed by atoms with Crippen LogP contribution in [0.2, 0.25) is 0 Å². The number of rotatable bonds is 3. The van der Waals surface area contributed by atoms with Gasteiger partial charge < -0.3 is 11.1 Å². The van der Waals surface area contributed by atoms with Gasteiger partial charge in [-0.1, -0.05) is 18.2 Å². The molecular weight excluding hydrogens is 236 g/mol. The van der Waals surface area contributed by atoms with Crippen molar-refractivity contribution in [2.45, 2.75) is 6.54 Å². The Kier molecular flexibility index (Phi) is 3.66. The summed E-state index contributed by atoms with van der Waals surface area (Å²) in [6, 6.07) is 16.7. The van der Waals surface area contributed by atoms with E-state index in [-0.39, 0.29) is 0 Å². The van der Waals surface area contributed by atoms with E-state index in [4.69, 9.17) is 16.3 Å². The molecule has 19 heavy (non-hydrogen) atoms. The highest BCUT2D eigenvalue weighted by molar-refractivity contribution is 5.57. The molecule has 0 amide bonds. The molecule has 0 radical (unpaired) electrons. The van der Waals surface area contributed by atoms with Crippen LogP contribution >= 0.6 is 0 Å². The van der Waals surface area contributed by atoms with E-state index in [0.29, 0.717) is 17.7 Å². The Morgan fingerprint density at radius 2 is 1.74 bits per heavy atom. The molecule has 0 saturated heterocycles. The first-order valence-electron chi connectivity index (χ1n) is 5.76. The number of nitrogens with one attached hydrogen (secondary N) is 1. The predicted molar refractivity (Wildman–Crippen MR) is 74.1 cm³/mol. The molecule has 2 aromatic rings. The largest absolute Gasteiger partial charge is 0.398 e. The molecule has 3 N–H and O–H groups in total. The van der Waals surface area contributed by atoms with Gasteiger partial charge in [-0.15, -0.1) is 0 Å². The normalized spacial score (nSPS) is 9.37. The minimum atomic E-state index is 0.369. The molecule has 2 rings (SSSR count). The highest BCUT2D eigenvalue weighted by Crippen LogP contribution is 2.17. The van der Waals surface area contributed by atoms with Gasteiger partial charge in [0.2, 0.25) is 0 Å². The third kappa shape index (κ3) is 2.83. The van der Waals surface area contributed by atoms with Crippen LogP contribution in [-0.4, -0.2) is 0 Å². The Bertz CT molecular complexity index is 677. The molecule has 4 nitrogen and oxygen atoms in total. The zero-order valence-corrected chi connectivity index (χ0v) is 10.2. The number of para-hydroxylation sites is 1. The standard InChI is InChI=1S/C15H12N4/c16-8-11-5-6-14(7-13(11)9-17)19-10-12-3-1-2-4-15(12)18/h1-7,19H,10,18H2. The summed E-state index contributed by atoms with van der Waals surface area (Å²) >= 11 is 0. The van der Waals surface area contributed by atoms with Crippen LogP contribution in [0, 0.1) is 22.7 Å². The van der Waals surface area contributed by atoms with Gasteiger partial charge in [-0.3, -0.25) is 0 Å². The predicted octanol–water partition coefficient (Wildman–Crippen LogP) is 2.62. The fourth-order valence-electron chi connectivity index (χ4n) is 1.74. The smallest absolute Gasteiger partial charge is 0.101 e. The summed E-state index contributed by atoms with van der Waals surface area (Å²) in [5.74, 6) is 0. The van der Waals surface area contributed by atoms with Crippen molar-refractivity contribution in [3.8, 4) is 12.1 Å². The minimum Gasteiger partial charge on any atom is -0.398 e. The summed E-state index contributed by atoms with van der Waals surface area (Å²) in [4.78, 5) is 0. The zero-order valence-electron chi connectivity index (χ0n) is 10.2. The van der Waals surface area contributed by atoms with Gasteiger partial charge in [-0.25, -0.2) is 0 Å². The van der Waals surface area contributed by atoms with Crippen LogP contribution in [-0.2, 0) is 6.54 Å². The van der Waals surface area contributed by atoms with Crippen molar-refractivity contribution in [2.24, 2.45) is 0 Å². The molecule has 0 unspecified atom stereocenters. The molecular formula is C15H12N4. The highest BCUT2D eigenvalue weighted by Gasteiger charge is 2.03. The van der Waals surface area contributed by atoms with Crippen LogP contribution in [0.1, 0.15) is 16.7 Å². The van der Waals surface area contributed by atoms with E-state index in [1.54, 1.807) is 18.2 Å². The Morgan fingerprint density at radius 3 is 2.42 bits per heavy atom. The van der Waals surface area contributed by atoms with E-state index >= 15 is 0 Å². The summed E-state index contributed by atoms with van der Waals surface area (Å²) in [6.07, 6.45) is 0. The quantitative estimate of drug-likeness (QED) is 0.817. The lowest BCUT2D eigenvalue weighted by atomic mass is 10.1. The summed E-state index contributed by atoms with van der Waals surface area (Å²) in [7, 11) is 0. The topological polar surface area (TPSA) is 85.6 Å². The van der Waals surface area contributed by atoms with Crippen LogP contribution in [0.15, 0.2) is 42.5 Å². The van der Waals surface area contributed by atoms with E-state index in [9.17, 15) is 0 Å². The summed E-state index contributed by atoms with van der Waals surface area (Å²) in [5, 5.41) is 21.0. The summed E-state index contributed by atoms with van der Waals surface area (Å²) < 4.78 is 0. The van der Waals surface area contributed by atoms with Crippen molar-refractivity contribution in [1.82, 2.24) is 0 Å². The molecule has 0 fully saturated rings. The summed E-state index contributed by atoms with van der Waals surface area (Å²) in [6.45, 7) is 0.573. The van der Waals surface area contributed by atoms with Gasteiger partial charge >= 0.3 is 0 Å². The molecule has 0 atom stereocenters. The van der Waals surface area contributed by atoms with E-state index in [0.717, 1.165) is 16.9 Å². The molecule has 0 heterocycles. The van der Waals surface area contributed by atoms with Crippen molar-refractivity contribution >= 4 is 11.4 Å². The van der Waals surface area contributed by atoms with Gasteiger partial charge in [-0.05, 0) is 29.8 Å². The van der Waals surface area contributed by atoms with Crippen LogP contribution in [0.5, 0.6) is 0 Å². The van der Waals surface area contributed by atoms with Crippen LogP contribution in [0.25, 0.3) is 0 Å². The number of benzene rings is 2. The third-order valence-electron chi connectivity index (χ3n) is 2.80. The molecule has 0 aliphatic carbocycles. The maximum atomic E-state index is 8.95. The second-order valence-corrected chi connectivity index (χ2v) is 4.04.